The normalized spacial score (nSPS) is 33.4. The van der Waals surface area contributed by atoms with Crippen LogP contribution in [0.1, 0.15) is 39.5 Å². The smallest absolute Gasteiger partial charge is 0.229 e. The van der Waals surface area contributed by atoms with E-state index in [0.717, 1.165) is 25.9 Å². The average Bonchev–Trinajstić information content (AvgIpc) is 2.71. The number of rotatable bonds is 3. The highest BCUT2D eigenvalue weighted by molar-refractivity contribution is 5.80. The van der Waals surface area contributed by atoms with Gasteiger partial charge in [-0.25, -0.2) is 0 Å². The molecule has 0 aromatic heterocycles. The molecule has 2 heterocycles. The molecule has 0 aromatic rings. The van der Waals surface area contributed by atoms with Crippen LogP contribution in [-0.2, 0) is 9.53 Å². The van der Waals surface area contributed by atoms with Crippen LogP contribution in [-0.4, -0.2) is 49.2 Å². The second-order valence-electron chi connectivity index (χ2n) is 5.54. The summed E-state index contributed by atoms with van der Waals surface area (Å²) in [5.41, 5.74) is 0. The number of amides is 1. The molecular weight excluding hydrogens is 228 g/mol. The summed E-state index contributed by atoms with van der Waals surface area (Å²) in [6.45, 7) is 7.34. The number of nitrogens with zero attached hydrogens (tertiary/aromatic N) is 1. The molecule has 0 aliphatic carbocycles. The molecular formula is C14H26N2O2. The van der Waals surface area contributed by atoms with Gasteiger partial charge in [-0.15, -0.1) is 0 Å². The summed E-state index contributed by atoms with van der Waals surface area (Å²) >= 11 is 0. The lowest BCUT2D eigenvalue weighted by Crippen LogP contribution is -2.48. The second kappa shape index (κ2) is 6.53. The summed E-state index contributed by atoms with van der Waals surface area (Å²) in [5.74, 6) is 0.318. The molecule has 104 valence electrons. The van der Waals surface area contributed by atoms with Gasteiger partial charge in [0.15, 0.2) is 0 Å². The number of hydrogen-bond acceptors (Lipinski definition) is 3. The van der Waals surface area contributed by atoms with Crippen molar-refractivity contribution >= 4 is 5.91 Å². The van der Waals surface area contributed by atoms with Gasteiger partial charge >= 0.3 is 0 Å². The molecule has 3 unspecified atom stereocenters. The number of likely N-dealkylation sites (tertiary alicyclic amines) is 1. The third kappa shape index (κ3) is 3.04. The van der Waals surface area contributed by atoms with E-state index in [2.05, 4.69) is 24.1 Å². The molecule has 4 heteroatoms. The Hall–Kier alpha value is -0.610. The van der Waals surface area contributed by atoms with Gasteiger partial charge in [0.1, 0.15) is 0 Å². The first kappa shape index (κ1) is 13.8. The van der Waals surface area contributed by atoms with Gasteiger partial charge in [0.2, 0.25) is 5.91 Å². The van der Waals surface area contributed by atoms with Gasteiger partial charge in [-0.1, -0.05) is 19.8 Å². The predicted octanol–water partition coefficient (Wildman–Crippen LogP) is 1.40. The fraction of sp³-hybridized carbons (Fsp3) is 0.929. The maximum absolute atomic E-state index is 12.7. The Bertz CT molecular complexity index is 283. The van der Waals surface area contributed by atoms with Gasteiger partial charge in [0.05, 0.1) is 19.1 Å². The zero-order valence-electron chi connectivity index (χ0n) is 11.7. The number of carbonyl (C=O) groups excluding carboxylic acids is 1. The molecule has 0 radical (unpaired) electrons. The Balaban J connectivity index is 2.00. The van der Waals surface area contributed by atoms with Crippen molar-refractivity contribution in [2.24, 2.45) is 5.92 Å². The van der Waals surface area contributed by atoms with Gasteiger partial charge in [-0.05, 0) is 26.3 Å². The van der Waals surface area contributed by atoms with Crippen LogP contribution >= 0.6 is 0 Å². The van der Waals surface area contributed by atoms with E-state index in [1.165, 1.54) is 12.8 Å². The summed E-state index contributed by atoms with van der Waals surface area (Å²) in [6, 6.07) is 0.598. The Morgan fingerprint density at radius 2 is 2.17 bits per heavy atom. The molecule has 1 N–H and O–H groups in total. The average molecular weight is 254 g/mol. The van der Waals surface area contributed by atoms with Crippen LogP contribution in [0.15, 0.2) is 0 Å². The van der Waals surface area contributed by atoms with E-state index in [1.54, 1.807) is 0 Å². The van der Waals surface area contributed by atoms with Gasteiger partial charge in [0, 0.05) is 18.6 Å². The minimum Gasteiger partial charge on any atom is -0.379 e. The van der Waals surface area contributed by atoms with Crippen molar-refractivity contribution in [2.45, 2.75) is 51.6 Å². The number of nitrogens with one attached hydrogen (secondary N) is 1. The van der Waals surface area contributed by atoms with Crippen LogP contribution in [0, 0.1) is 5.92 Å². The highest BCUT2D eigenvalue weighted by Crippen LogP contribution is 2.22. The first-order chi connectivity index (χ1) is 8.74. The van der Waals surface area contributed by atoms with E-state index in [0.29, 0.717) is 25.2 Å². The van der Waals surface area contributed by atoms with Gasteiger partial charge in [0.25, 0.3) is 0 Å². The van der Waals surface area contributed by atoms with E-state index >= 15 is 0 Å². The monoisotopic (exact) mass is 254 g/mol. The van der Waals surface area contributed by atoms with Crippen molar-refractivity contribution in [1.29, 1.82) is 0 Å². The first-order valence-electron chi connectivity index (χ1n) is 7.35. The summed E-state index contributed by atoms with van der Waals surface area (Å²) in [4.78, 5) is 14.7. The molecule has 18 heavy (non-hydrogen) atoms. The third-order valence-corrected chi connectivity index (χ3v) is 4.20. The standard InChI is InChI=1S/C14H26N2O2/c1-3-15-13-10-18-9-12(13)14(17)16-8-6-4-5-7-11(16)2/h11-13,15H,3-10H2,1-2H3. The molecule has 4 nitrogen and oxygen atoms in total. The summed E-state index contributed by atoms with van der Waals surface area (Å²) in [6.07, 6.45) is 4.80. The lowest BCUT2D eigenvalue weighted by atomic mass is 10.0. The SMILES string of the molecule is CCNC1COCC1C(=O)N1CCCCCC1C. The van der Waals surface area contributed by atoms with Gasteiger partial charge in [-0.2, -0.15) is 0 Å². The minimum absolute atomic E-state index is 0.0190. The van der Waals surface area contributed by atoms with E-state index in [1.807, 2.05) is 0 Å². The zero-order valence-corrected chi connectivity index (χ0v) is 11.7. The van der Waals surface area contributed by atoms with Crippen molar-refractivity contribution in [3.05, 3.63) is 0 Å². The molecule has 0 aromatic carbocycles. The topological polar surface area (TPSA) is 41.6 Å². The highest BCUT2D eigenvalue weighted by Gasteiger charge is 2.37. The van der Waals surface area contributed by atoms with Crippen molar-refractivity contribution < 1.29 is 9.53 Å². The Morgan fingerprint density at radius 1 is 1.33 bits per heavy atom. The van der Waals surface area contributed by atoms with Crippen LogP contribution in [0.3, 0.4) is 0 Å². The Morgan fingerprint density at radius 3 is 2.94 bits per heavy atom. The molecule has 2 fully saturated rings. The zero-order chi connectivity index (χ0) is 13.0. The third-order valence-electron chi connectivity index (χ3n) is 4.20. The van der Waals surface area contributed by atoms with Crippen LogP contribution < -0.4 is 5.32 Å². The fourth-order valence-corrected chi connectivity index (χ4v) is 3.08. The quantitative estimate of drug-likeness (QED) is 0.828. The molecule has 2 rings (SSSR count). The molecule has 2 saturated heterocycles. The Labute approximate surface area is 110 Å². The van der Waals surface area contributed by atoms with Crippen molar-refractivity contribution in [3.8, 4) is 0 Å². The van der Waals surface area contributed by atoms with Crippen LogP contribution in [0.25, 0.3) is 0 Å². The summed E-state index contributed by atoms with van der Waals surface area (Å²) in [7, 11) is 0. The van der Waals surface area contributed by atoms with E-state index < -0.39 is 0 Å². The second-order valence-corrected chi connectivity index (χ2v) is 5.54. The van der Waals surface area contributed by atoms with Crippen molar-refractivity contribution in [2.75, 3.05) is 26.3 Å². The number of hydrogen-bond donors (Lipinski definition) is 1. The molecule has 3 atom stereocenters. The van der Waals surface area contributed by atoms with E-state index in [4.69, 9.17) is 4.74 Å². The first-order valence-corrected chi connectivity index (χ1v) is 7.35. The van der Waals surface area contributed by atoms with Crippen LogP contribution in [0.2, 0.25) is 0 Å². The Kier molecular flexibility index (Phi) is 5.01. The fourth-order valence-electron chi connectivity index (χ4n) is 3.08. The lowest BCUT2D eigenvalue weighted by Gasteiger charge is -2.31. The number of likely N-dealkylation sites (N-methyl/N-ethyl adjacent to an activating group) is 1. The lowest BCUT2D eigenvalue weighted by molar-refractivity contribution is -0.138. The molecule has 0 spiro atoms. The van der Waals surface area contributed by atoms with Crippen molar-refractivity contribution in [3.63, 3.8) is 0 Å². The number of ether oxygens (including phenoxy) is 1. The van der Waals surface area contributed by atoms with Gasteiger partial charge < -0.3 is 15.0 Å². The van der Waals surface area contributed by atoms with Crippen molar-refractivity contribution in [1.82, 2.24) is 10.2 Å². The molecule has 1 amide bonds. The molecule has 2 aliphatic rings. The predicted molar refractivity (Wildman–Crippen MR) is 71.4 cm³/mol. The number of carbonyl (C=O) groups is 1. The van der Waals surface area contributed by atoms with E-state index in [9.17, 15) is 4.79 Å². The van der Waals surface area contributed by atoms with Crippen LogP contribution in [0.5, 0.6) is 0 Å². The van der Waals surface area contributed by atoms with E-state index in [-0.39, 0.29) is 12.0 Å². The molecule has 0 saturated carbocycles. The molecule has 2 aliphatic heterocycles. The van der Waals surface area contributed by atoms with Gasteiger partial charge in [-0.3, -0.25) is 4.79 Å². The summed E-state index contributed by atoms with van der Waals surface area (Å²) in [5, 5.41) is 3.37. The summed E-state index contributed by atoms with van der Waals surface area (Å²) < 4.78 is 5.49. The highest BCUT2D eigenvalue weighted by atomic mass is 16.5. The molecule has 0 bridgehead atoms. The largest absolute Gasteiger partial charge is 0.379 e. The van der Waals surface area contributed by atoms with Crippen LogP contribution in [0.4, 0.5) is 0 Å². The maximum atomic E-state index is 12.7. The maximum Gasteiger partial charge on any atom is 0.229 e. The minimum atomic E-state index is 0.0190.